The molecule has 0 bridgehead atoms. The molecular formula is C12H22N2. The Hall–Kier alpha value is -0.760. The Morgan fingerprint density at radius 1 is 1.50 bits per heavy atom. The smallest absolute Gasteiger partial charge is 0.0316 e. The summed E-state index contributed by atoms with van der Waals surface area (Å²) in [5.74, 6) is 0. The van der Waals surface area contributed by atoms with Crippen molar-refractivity contribution in [2.24, 2.45) is 0 Å². The Bertz CT molecular complexity index is 239. The Labute approximate surface area is 87.5 Å². The van der Waals surface area contributed by atoms with Crippen LogP contribution >= 0.6 is 0 Å². The van der Waals surface area contributed by atoms with Gasteiger partial charge in [-0.1, -0.05) is 13.0 Å². The summed E-state index contributed by atoms with van der Waals surface area (Å²) >= 11 is 0. The highest BCUT2D eigenvalue weighted by Gasteiger charge is 2.16. The van der Waals surface area contributed by atoms with Gasteiger partial charge in [0.2, 0.25) is 0 Å². The minimum Gasteiger partial charge on any atom is -0.380 e. The van der Waals surface area contributed by atoms with Crippen LogP contribution in [0.3, 0.4) is 0 Å². The molecule has 1 unspecified atom stereocenters. The van der Waals surface area contributed by atoms with Gasteiger partial charge in [0.05, 0.1) is 0 Å². The largest absolute Gasteiger partial charge is 0.380 e. The SMILES string of the molecule is CCC(C)(C)NC1=CC(NC)CC=C1. The highest BCUT2D eigenvalue weighted by molar-refractivity contribution is 5.25. The molecule has 0 fully saturated rings. The van der Waals surface area contributed by atoms with E-state index in [0.717, 1.165) is 12.8 Å². The van der Waals surface area contributed by atoms with Crippen LogP contribution < -0.4 is 10.6 Å². The van der Waals surface area contributed by atoms with Crippen LogP contribution in [-0.2, 0) is 0 Å². The number of hydrogen-bond donors (Lipinski definition) is 2. The normalized spacial score (nSPS) is 22.0. The van der Waals surface area contributed by atoms with E-state index < -0.39 is 0 Å². The van der Waals surface area contributed by atoms with Gasteiger partial charge in [-0.2, -0.15) is 0 Å². The van der Waals surface area contributed by atoms with Crippen molar-refractivity contribution in [2.45, 2.75) is 45.2 Å². The fourth-order valence-electron chi connectivity index (χ4n) is 1.45. The fourth-order valence-corrected chi connectivity index (χ4v) is 1.45. The lowest BCUT2D eigenvalue weighted by Crippen LogP contribution is -2.39. The molecular weight excluding hydrogens is 172 g/mol. The van der Waals surface area contributed by atoms with E-state index in [1.807, 2.05) is 7.05 Å². The van der Waals surface area contributed by atoms with Crippen molar-refractivity contribution >= 4 is 0 Å². The van der Waals surface area contributed by atoms with Crippen LogP contribution in [-0.4, -0.2) is 18.6 Å². The molecule has 1 aliphatic rings. The van der Waals surface area contributed by atoms with Gasteiger partial charge in [-0.3, -0.25) is 0 Å². The number of hydrogen-bond acceptors (Lipinski definition) is 2. The van der Waals surface area contributed by atoms with E-state index in [-0.39, 0.29) is 5.54 Å². The van der Waals surface area contributed by atoms with E-state index in [2.05, 4.69) is 49.6 Å². The maximum Gasteiger partial charge on any atom is 0.0316 e. The summed E-state index contributed by atoms with van der Waals surface area (Å²) in [5, 5.41) is 6.81. The topological polar surface area (TPSA) is 24.1 Å². The number of nitrogens with one attached hydrogen (secondary N) is 2. The van der Waals surface area contributed by atoms with Crippen molar-refractivity contribution in [3.05, 3.63) is 23.9 Å². The van der Waals surface area contributed by atoms with E-state index in [9.17, 15) is 0 Å². The van der Waals surface area contributed by atoms with Crippen LogP contribution in [0.25, 0.3) is 0 Å². The highest BCUT2D eigenvalue weighted by Crippen LogP contribution is 2.14. The third-order valence-electron chi connectivity index (χ3n) is 2.81. The summed E-state index contributed by atoms with van der Waals surface area (Å²) < 4.78 is 0. The van der Waals surface area contributed by atoms with Gasteiger partial charge in [-0.05, 0) is 45.9 Å². The van der Waals surface area contributed by atoms with Crippen LogP contribution in [0, 0.1) is 0 Å². The standard InChI is InChI=1S/C12H22N2/c1-5-12(2,3)14-11-8-6-7-10(9-11)13-4/h6,8-10,13-14H,5,7H2,1-4H3. The van der Waals surface area contributed by atoms with Crippen LogP contribution in [0.2, 0.25) is 0 Å². The molecule has 0 saturated heterocycles. The number of rotatable bonds is 4. The molecule has 0 spiro atoms. The van der Waals surface area contributed by atoms with Gasteiger partial charge in [0, 0.05) is 17.3 Å². The third-order valence-corrected chi connectivity index (χ3v) is 2.81. The Morgan fingerprint density at radius 2 is 2.21 bits per heavy atom. The van der Waals surface area contributed by atoms with Crippen molar-refractivity contribution in [2.75, 3.05) is 7.05 Å². The molecule has 0 aromatic carbocycles. The van der Waals surface area contributed by atoms with E-state index in [1.165, 1.54) is 5.70 Å². The van der Waals surface area contributed by atoms with Gasteiger partial charge in [-0.25, -0.2) is 0 Å². The number of allylic oxidation sites excluding steroid dienone is 1. The first-order valence-electron chi connectivity index (χ1n) is 5.41. The van der Waals surface area contributed by atoms with Gasteiger partial charge < -0.3 is 10.6 Å². The lowest BCUT2D eigenvalue weighted by molar-refractivity contribution is 0.416. The summed E-state index contributed by atoms with van der Waals surface area (Å²) in [6.07, 6.45) is 8.87. The first-order valence-corrected chi connectivity index (χ1v) is 5.41. The van der Waals surface area contributed by atoms with Crippen molar-refractivity contribution in [1.29, 1.82) is 0 Å². The molecule has 1 rings (SSSR count). The van der Waals surface area contributed by atoms with E-state index in [1.54, 1.807) is 0 Å². The predicted molar refractivity (Wildman–Crippen MR) is 62.2 cm³/mol. The summed E-state index contributed by atoms with van der Waals surface area (Å²) in [6.45, 7) is 6.66. The summed E-state index contributed by atoms with van der Waals surface area (Å²) in [6, 6.07) is 0.482. The van der Waals surface area contributed by atoms with Crippen LogP contribution in [0.1, 0.15) is 33.6 Å². The second-order valence-electron chi connectivity index (χ2n) is 4.52. The molecule has 0 aliphatic heterocycles. The minimum absolute atomic E-state index is 0.186. The minimum atomic E-state index is 0.186. The quantitative estimate of drug-likeness (QED) is 0.717. The molecule has 0 radical (unpaired) electrons. The van der Waals surface area contributed by atoms with Crippen LogP contribution in [0.5, 0.6) is 0 Å². The van der Waals surface area contributed by atoms with Crippen LogP contribution in [0.4, 0.5) is 0 Å². The fraction of sp³-hybridized carbons (Fsp3) is 0.667. The van der Waals surface area contributed by atoms with Gasteiger partial charge in [0.1, 0.15) is 0 Å². The molecule has 0 saturated carbocycles. The van der Waals surface area contributed by atoms with E-state index in [0.29, 0.717) is 6.04 Å². The molecule has 0 amide bonds. The number of likely N-dealkylation sites (N-methyl/N-ethyl adjacent to an activating group) is 1. The molecule has 0 aromatic heterocycles. The summed E-state index contributed by atoms with van der Waals surface area (Å²) in [7, 11) is 2.00. The van der Waals surface area contributed by atoms with Gasteiger partial charge in [0.25, 0.3) is 0 Å². The van der Waals surface area contributed by atoms with Crippen molar-refractivity contribution in [3.63, 3.8) is 0 Å². The molecule has 2 N–H and O–H groups in total. The zero-order valence-corrected chi connectivity index (χ0v) is 9.72. The molecule has 2 nitrogen and oxygen atoms in total. The Balaban J connectivity index is 2.60. The maximum absolute atomic E-state index is 3.54. The van der Waals surface area contributed by atoms with Crippen molar-refractivity contribution in [3.8, 4) is 0 Å². The average Bonchev–Trinajstić information content (AvgIpc) is 2.17. The zero-order valence-electron chi connectivity index (χ0n) is 9.72. The first-order chi connectivity index (χ1) is 6.57. The lowest BCUT2D eigenvalue weighted by Gasteiger charge is -2.28. The molecule has 80 valence electrons. The molecule has 0 aromatic rings. The molecule has 1 atom stereocenters. The molecule has 1 aliphatic carbocycles. The second-order valence-corrected chi connectivity index (χ2v) is 4.52. The van der Waals surface area contributed by atoms with E-state index >= 15 is 0 Å². The van der Waals surface area contributed by atoms with Crippen molar-refractivity contribution in [1.82, 2.24) is 10.6 Å². The lowest BCUT2D eigenvalue weighted by atomic mass is 9.99. The van der Waals surface area contributed by atoms with Gasteiger partial charge in [-0.15, -0.1) is 0 Å². The summed E-state index contributed by atoms with van der Waals surface area (Å²) in [4.78, 5) is 0. The molecule has 14 heavy (non-hydrogen) atoms. The van der Waals surface area contributed by atoms with E-state index in [4.69, 9.17) is 0 Å². The second kappa shape index (κ2) is 4.65. The zero-order chi connectivity index (χ0) is 10.6. The Morgan fingerprint density at radius 3 is 2.79 bits per heavy atom. The summed E-state index contributed by atoms with van der Waals surface area (Å²) in [5.41, 5.74) is 1.42. The predicted octanol–water partition coefficient (Wildman–Crippen LogP) is 2.20. The highest BCUT2D eigenvalue weighted by atomic mass is 15.0. The van der Waals surface area contributed by atoms with Crippen LogP contribution in [0.15, 0.2) is 23.9 Å². The third kappa shape index (κ3) is 3.18. The monoisotopic (exact) mass is 194 g/mol. The maximum atomic E-state index is 3.54. The van der Waals surface area contributed by atoms with Gasteiger partial charge >= 0.3 is 0 Å². The van der Waals surface area contributed by atoms with Gasteiger partial charge in [0.15, 0.2) is 0 Å². The Kier molecular flexibility index (Phi) is 3.76. The molecule has 2 heteroatoms. The first kappa shape index (κ1) is 11.3. The average molecular weight is 194 g/mol. The molecule has 0 heterocycles. The van der Waals surface area contributed by atoms with Crippen molar-refractivity contribution < 1.29 is 0 Å².